The fourth-order valence-corrected chi connectivity index (χ4v) is 6.81. The van der Waals surface area contributed by atoms with Crippen LogP contribution in [0.2, 0.25) is 0 Å². The van der Waals surface area contributed by atoms with Gasteiger partial charge in [-0.2, -0.15) is 0 Å². The van der Waals surface area contributed by atoms with Crippen LogP contribution in [-0.4, -0.2) is 37.2 Å². The van der Waals surface area contributed by atoms with Gasteiger partial charge in [0.15, 0.2) is 6.10 Å². The number of carbonyl (C=O) groups is 3. The molecule has 0 amide bonds. The van der Waals surface area contributed by atoms with Gasteiger partial charge >= 0.3 is 17.9 Å². The van der Waals surface area contributed by atoms with Crippen molar-refractivity contribution in [1.29, 1.82) is 0 Å². The van der Waals surface area contributed by atoms with Crippen LogP contribution in [0.15, 0.2) is 170 Å². The first-order chi connectivity index (χ1) is 35.5. The number of carbonyl (C=O) groups excluding carboxylic acids is 3. The lowest BCUT2D eigenvalue weighted by molar-refractivity contribution is -0.167. The molecule has 0 radical (unpaired) electrons. The molecule has 0 saturated carbocycles. The number of allylic oxidation sites excluding steroid dienone is 28. The molecule has 0 aliphatic rings. The highest BCUT2D eigenvalue weighted by molar-refractivity contribution is 5.71. The van der Waals surface area contributed by atoms with Gasteiger partial charge in [0.25, 0.3) is 0 Å². The Bertz CT molecular complexity index is 1700. The summed E-state index contributed by atoms with van der Waals surface area (Å²) < 4.78 is 16.7. The maximum atomic E-state index is 12.8. The van der Waals surface area contributed by atoms with Gasteiger partial charge in [0.1, 0.15) is 13.2 Å². The van der Waals surface area contributed by atoms with Gasteiger partial charge in [-0.05, 0) is 135 Å². The molecule has 0 aromatic carbocycles. The zero-order valence-corrected chi connectivity index (χ0v) is 45.6. The summed E-state index contributed by atoms with van der Waals surface area (Å²) in [7, 11) is 0. The van der Waals surface area contributed by atoms with Gasteiger partial charge in [0.2, 0.25) is 0 Å². The van der Waals surface area contributed by atoms with Crippen molar-refractivity contribution in [3.05, 3.63) is 170 Å². The number of hydrogen-bond acceptors (Lipinski definition) is 6. The van der Waals surface area contributed by atoms with Crippen LogP contribution >= 0.6 is 0 Å². The van der Waals surface area contributed by atoms with Crippen molar-refractivity contribution in [2.45, 2.75) is 213 Å². The largest absolute Gasteiger partial charge is 0.462 e. The van der Waals surface area contributed by atoms with E-state index in [1.165, 1.54) is 19.3 Å². The van der Waals surface area contributed by atoms with E-state index in [1.54, 1.807) is 0 Å². The maximum absolute atomic E-state index is 12.8. The Labute approximate surface area is 441 Å². The second-order valence-corrected chi connectivity index (χ2v) is 17.7. The summed E-state index contributed by atoms with van der Waals surface area (Å²) >= 11 is 0. The molecule has 0 spiro atoms. The molecule has 400 valence electrons. The van der Waals surface area contributed by atoms with Crippen molar-refractivity contribution in [2.75, 3.05) is 13.2 Å². The highest BCUT2D eigenvalue weighted by Crippen LogP contribution is 2.11. The second-order valence-electron chi connectivity index (χ2n) is 17.7. The molecule has 0 saturated heterocycles. The summed E-state index contributed by atoms with van der Waals surface area (Å²) in [6, 6.07) is 0. The first-order valence-electron chi connectivity index (χ1n) is 28.1. The maximum Gasteiger partial charge on any atom is 0.306 e. The predicted octanol–water partition coefficient (Wildman–Crippen LogP) is 19.1. The summed E-state index contributed by atoms with van der Waals surface area (Å²) in [6.45, 7) is 6.24. The summed E-state index contributed by atoms with van der Waals surface area (Å²) in [5.41, 5.74) is 0. The molecule has 0 aromatic rings. The zero-order chi connectivity index (χ0) is 52.2. The Morgan fingerprint density at radius 1 is 0.292 bits per heavy atom. The summed E-state index contributed by atoms with van der Waals surface area (Å²) in [5.74, 6) is -1.03. The molecule has 0 bridgehead atoms. The minimum absolute atomic E-state index is 0.118. The number of ether oxygens (including phenoxy) is 3. The lowest BCUT2D eigenvalue weighted by atomic mass is 10.1. The molecule has 0 rings (SSSR count). The predicted molar refractivity (Wildman–Crippen MR) is 311 cm³/mol. The molecular weight excluding hydrogens is 889 g/mol. The first kappa shape index (κ1) is 66.8. The summed E-state index contributed by atoms with van der Waals surface area (Å²) in [6.07, 6.45) is 86.6. The fraction of sp³-hybridized carbons (Fsp3) is 0.530. The van der Waals surface area contributed by atoms with E-state index in [4.69, 9.17) is 14.2 Å². The van der Waals surface area contributed by atoms with Crippen LogP contribution in [0.3, 0.4) is 0 Å². The zero-order valence-electron chi connectivity index (χ0n) is 45.6. The van der Waals surface area contributed by atoms with Crippen molar-refractivity contribution in [2.24, 2.45) is 0 Å². The minimum atomic E-state index is -0.825. The van der Waals surface area contributed by atoms with Gasteiger partial charge in [-0.3, -0.25) is 14.4 Å². The van der Waals surface area contributed by atoms with E-state index in [2.05, 4.69) is 191 Å². The minimum Gasteiger partial charge on any atom is -0.462 e. The van der Waals surface area contributed by atoms with Gasteiger partial charge in [0, 0.05) is 19.3 Å². The molecule has 6 heteroatoms. The van der Waals surface area contributed by atoms with E-state index < -0.39 is 6.10 Å². The second kappa shape index (κ2) is 58.3. The molecule has 0 aliphatic carbocycles. The van der Waals surface area contributed by atoms with Crippen LogP contribution in [0.5, 0.6) is 0 Å². The molecule has 0 fully saturated rings. The lowest BCUT2D eigenvalue weighted by Gasteiger charge is -2.18. The highest BCUT2D eigenvalue weighted by atomic mass is 16.6. The van der Waals surface area contributed by atoms with Gasteiger partial charge < -0.3 is 14.2 Å². The van der Waals surface area contributed by atoms with Crippen molar-refractivity contribution in [1.82, 2.24) is 0 Å². The average Bonchev–Trinajstić information content (AvgIpc) is 3.38. The third-order valence-corrected chi connectivity index (χ3v) is 11.0. The SMILES string of the molecule is CC/C=C\C/C=C\C/C=C\C/C=C\C/C=C\C/C=C\C/C=C\C/C=C\CCCCC(=O)OCC(COC(=O)CCCCCCCC)OC(=O)CCCC/C=C\C/C=C\C/C=C\C/C=C\C/C=C\C/C=C\CC. The normalized spacial score (nSPS) is 13.4. The molecule has 0 aromatic heterocycles. The van der Waals surface area contributed by atoms with Crippen LogP contribution in [-0.2, 0) is 28.6 Å². The highest BCUT2D eigenvalue weighted by Gasteiger charge is 2.19. The quantitative estimate of drug-likeness (QED) is 0.0262. The Kier molecular flexibility index (Phi) is 54.1. The van der Waals surface area contributed by atoms with E-state index >= 15 is 0 Å². The van der Waals surface area contributed by atoms with Crippen molar-refractivity contribution in [3.8, 4) is 0 Å². The van der Waals surface area contributed by atoms with Gasteiger partial charge in [0.05, 0.1) is 0 Å². The van der Waals surface area contributed by atoms with Crippen molar-refractivity contribution >= 4 is 17.9 Å². The third kappa shape index (κ3) is 55.7. The Balaban J connectivity index is 4.38. The van der Waals surface area contributed by atoms with Crippen molar-refractivity contribution < 1.29 is 28.6 Å². The monoisotopic (exact) mass is 989 g/mol. The van der Waals surface area contributed by atoms with E-state index in [9.17, 15) is 14.4 Å². The van der Waals surface area contributed by atoms with Gasteiger partial charge in [-0.15, -0.1) is 0 Å². The van der Waals surface area contributed by atoms with E-state index in [-0.39, 0.29) is 44.0 Å². The smallest absolute Gasteiger partial charge is 0.306 e. The van der Waals surface area contributed by atoms with Gasteiger partial charge in [-0.1, -0.05) is 223 Å². The Hall–Kier alpha value is -5.23. The number of esters is 3. The molecule has 0 N–H and O–H groups in total. The van der Waals surface area contributed by atoms with Crippen LogP contribution in [0.1, 0.15) is 207 Å². The topological polar surface area (TPSA) is 78.9 Å². The third-order valence-electron chi connectivity index (χ3n) is 11.0. The average molecular weight is 990 g/mol. The Morgan fingerprint density at radius 2 is 0.542 bits per heavy atom. The number of rotatable bonds is 48. The van der Waals surface area contributed by atoms with Crippen LogP contribution in [0, 0.1) is 0 Å². The van der Waals surface area contributed by atoms with E-state index in [1.807, 2.05) is 0 Å². The van der Waals surface area contributed by atoms with E-state index in [0.717, 1.165) is 135 Å². The molecule has 6 nitrogen and oxygen atoms in total. The molecule has 0 aliphatic heterocycles. The molecular formula is C66H100O6. The van der Waals surface area contributed by atoms with Crippen LogP contribution in [0.4, 0.5) is 0 Å². The molecule has 1 unspecified atom stereocenters. The first-order valence-corrected chi connectivity index (χ1v) is 28.1. The summed E-state index contributed by atoms with van der Waals surface area (Å²) in [5, 5.41) is 0. The van der Waals surface area contributed by atoms with Crippen LogP contribution in [0.25, 0.3) is 0 Å². The number of unbranched alkanes of at least 4 members (excludes halogenated alkanes) is 9. The summed E-state index contributed by atoms with van der Waals surface area (Å²) in [4.78, 5) is 37.8. The lowest BCUT2D eigenvalue weighted by Crippen LogP contribution is -2.30. The number of hydrogen-bond donors (Lipinski definition) is 0. The molecule has 1 atom stereocenters. The van der Waals surface area contributed by atoms with Crippen LogP contribution < -0.4 is 0 Å². The molecule has 72 heavy (non-hydrogen) atoms. The fourth-order valence-electron chi connectivity index (χ4n) is 6.81. The standard InChI is InChI=1S/C66H100O6/c1-4-7-10-13-16-18-20-22-24-26-28-30-31-32-33-34-35-37-38-40-42-44-46-48-50-53-56-59-65(68)71-62-63(61-70-64(67)58-55-52-15-12-9-6-3)72-66(69)60-57-54-51-49-47-45-43-41-39-36-29-27-25-23-21-19-17-14-11-8-5-2/h7-8,10-11,16-19,22-25,28-30,32-33,35-37,40-43,46-49,63H,4-6,9,12-15,20-21,26-27,31,34,38-39,44-45,50-62H2,1-3H3/b10-7-,11-8-,18-16-,19-17-,24-22-,25-23-,30-28-,33-32-,36-29-,37-35-,42-40-,43-41-,48-46-,49-47-. The van der Waals surface area contributed by atoms with E-state index in [0.29, 0.717) is 19.3 Å². The molecule has 0 heterocycles. The Morgan fingerprint density at radius 3 is 0.847 bits per heavy atom. The van der Waals surface area contributed by atoms with Gasteiger partial charge in [-0.25, -0.2) is 0 Å². The van der Waals surface area contributed by atoms with Crippen molar-refractivity contribution in [3.63, 3.8) is 0 Å².